The van der Waals surface area contributed by atoms with Crippen LogP contribution in [0.25, 0.3) is 0 Å². The molecule has 1 N–H and O–H groups in total. The number of nitrogens with zero attached hydrogens (tertiary/aromatic N) is 2. The van der Waals surface area contributed by atoms with E-state index in [-0.39, 0.29) is 0 Å². The second-order valence-electron chi connectivity index (χ2n) is 6.61. The summed E-state index contributed by atoms with van der Waals surface area (Å²) in [6, 6.07) is 3.67. The molecular formula is C16H27N3O. The van der Waals surface area contributed by atoms with Gasteiger partial charge in [-0.05, 0) is 52.4 Å². The first kappa shape index (κ1) is 14.1. The van der Waals surface area contributed by atoms with E-state index < -0.39 is 0 Å². The van der Waals surface area contributed by atoms with E-state index in [2.05, 4.69) is 35.3 Å². The molecule has 1 aliphatic heterocycles. The van der Waals surface area contributed by atoms with Crippen LogP contribution in [0.1, 0.15) is 37.0 Å². The molecule has 0 radical (unpaired) electrons. The molecule has 1 saturated heterocycles. The van der Waals surface area contributed by atoms with Crippen molar-refractivity contribution in [2.75, 3.05) is 27.2 Å². The molecule has 112 valence electrons. The smallest absolute Gasteiger partial charge is 0.118 e. The van der Waals surface area contributed by atoms with Crippen molar-refractivity contribution in [1.82, 2.24) is 15.1 Å². The lowest BCUT2D eigenvalue weighted by atomic mass is 10.2. The number of likely N-dealkylation sites (N-methyl/N-ethyl adjacent to an activating group) is 1. The maximum atomic E-state index is 5.74. The Morgan fingerprint density at radius 3 is 2.95 bits per heavy atom. The largest absolute Gasteiger partial charge is 0.468 e. The Balaban J connectivity index is 1.51. The van der Waals surface area contributed by atoms with Gasteiger partial charge in [-0.1, -0.05) is 0 Å². The molecule has 3 rings (SSSR count). The minimum Gasteiger partial charge on any atom is -0.468 e. The summed E-state index contributed by atoms with van der Waals surface area (Å²) in [4.78, 5) is 4.85. The van der Waals surface area contributed by atoms with E-state index in [9.17, 15) is 0 Å². The Labute approximate surface area is 122 Å². The zero-order valence-corrected chi connectivity index (χ0v) is 12.8. The van der Waals surface area contributed by atoms with Gasteiger partial charge in [-0.3, -0.25) is 4.90 Å². The van der Waals surface area contributed by atoms with E-state index >= 15 is 0 Å². The number of hydrogen-bond acceptors (Lipinski definition) is 4. The minimum atomic E-state index is 0.683. The first-order valence-corrected chi connectivity index (χ1v) is 7.89. The standard InChI is InChI=1S/C16H27N3O/c1-18(2)10-15-4-3-7-19(15)11-16-8-13(12-20-16)9-17-14-5-6-14/h8,12,14-15,17H,3-7,9-11H2,1-2H3. The average molecular weight is 277 g/mol. The predicted molar refractivity (Wildman–Crippen MR) is 80.6 cm³/mol. The van der Waals surface area contributed by atoms with Gasteiger partial charge in [-0.2, -0.15) is 0 Å². The Kier molecular flexibility index (Phi) is 4.44. The van der Waals surface area contributed by atoms with Crippen LogP contribution in [0.4, 0.5) is 0 Å². The van der Waals surface area contributed by atoms with Gasteiger partial charge in [0.1, 0.15) is 5.76 Å². The number of likely N-dealkylation sites (tertiary alicyclic amines) is 1. The molecule has 1 saturated carbocycles. The molecule has 0 amide bonds. The third kappa shape index (κ3) is 3.84. The lowest BCUT2D eigenvalue weighted by molar-refractivity contribution is 0.189. The highest BCUT2D eigenvalue weighted by atomic mass is 16.3. The summed E-state index contributed by atoms with van der Waals surface area (Å²) < 4.78 is 5.74. The van der Waals surface area contributed by atoms with Crippen molar-refractivity contribution in [2.45, 2.75) is 50.9 Å². The van der Waals surface area contributed by atoms with E-state index in [1.54, 1.807) is 0 Å². The van der Waals surface area contributed by atoms with Crippen LogP contribution in [0.5, 0.6) is 0 Å². The number of rotatable bonds is 7. The summed E-state index contributed by atoms with van der Waals surface area (Å²) in [5.74, 6) is 1.11. The highest BCUT2D eigenvalue weighted by molar-refractivity contribution is 5.13. The Bertz CT molecular complexity index is 425. The van der Waals surface area contributed by atoms with Gasteiger partial charge in [0, 0.05) is 30.7 Å². The molecule has 1 aliphatic carbocycles. The number of hydrogen-bond donors (Lipinski definition) is 1. The number of nitrogens with one attached hydrogen (secondary N) is 1. The van der Waals surface area contributed by atoms with Gasteiger partial charge in [0.05, 0.1) is 12.8 Å². The lowest BCUT2D eigenvalue weighted by Crippen LogP contribution is -2.36. The van der Waals surface area contributed by atoms with Crippen molar-refractivity contribution in [3.63, 3.8) is 0 Å². The van der Waals surface area contributed by atoms with Crippen molar-refractivity contribution >= 4 is 0 Å². The Morgan fingerprint density at radius 2 is 2.20 bits per heavy atom. The molecule has 2 heterocycles. The van der Waals surface area contributed by atoms with Crippen molar-refractivity contribution in [2.24, 2.45) is 0 Å². The number of furan rings is 1. The average Bonchev–Trinajstić information content (AvgIpc) is 2.98. The van der Waals surface area contributed by atoms with Crippen molar-refractivity contribution < 1.29 is 4.42 Å². The third-order valence-electron chi connectivity index (χ3n) is 4.31. The molecular weight excluding hydrogens is 250 g/mol. The maximum Gasteiger partial charge on any atom is 0.118 e. The minimum absolute atomic E-state index is 0.683. The van der Waals surface area contributed by atoms with E-state index in [4.69, 9.17) is 4.42 Å². The SMILES string of the molecule is CN(C)CC1CCCN1Cc1cc(CNC2CC2)co1. The molecule has 0 spiro atoms. The molecule has 1 atom stereocenters. The van der Waals surface area contributed by atoms with Crippen molar-refractivity contribution in [3.05, 3.63) is 23.7 Å². The van der Waals surface area contributed by atoms with Crippen LogP contribution in [-0.4, -0.2) is 49.1 Å². The van der Waals surface area contributed by atoms with Crippen LogP contribution in [0.2, 0.25) is 0 Å². The molecule has 4 nitrogen and oxygen atoms in total. The van der Waals surface area contributed by atoms with Gasteiger partial charge < -0.3 is 14.6 Å². The van der Waals surface area contributed by atoms with Crippen molar-refractivity contribution in [3.8, 4) is 0 Å². The molecule has 20 heavy (non-hydrogen) atoms. The lowest BCUT2D eigenvalue weighted by Gasteiger charge is -2.26. The summed E-state index contributed by atoms with van der Waals surface area (Å²) in [6.07, 6.45) is 7.22. The second kappa shape index (κ2) is 6.29. The topological polar surface area (TPSA) is 31.6 Å². The fourth-order valence-electron chi connectivity index (χ4n) is 3.08. The summed E-state index contributed by atoms with van der Waals surface area (Å²) in [5, 5.41) is 3.53. The summed E-state index contributed by atoms with van der Waals surface area (Å²) in [7, 11) is 4.32. The zero-order valence-electron chi connectivity index (χ0n) is 12.8. The molecule has 0 bridgehead atoms. The van der Waals surface area contributed by atoms with Gasteiger partial charge in [-0.25, -0.2) is 0 Å². The van der Waals surface area contributed by atoms with E-state index in [0.29, 0.717) is 6.04 Å². The fourth-order valence-corrected chi connectivity index (χ4v) is 3.08. The van der Waals surface area contributed by atoms with Gasteiger partial charge in [0.2, 0.25) is 0 Å². The monoisotopic (exact) mass is 277 g/mol. The molecule has 1 aromatic heterocycles. The maximum absolute atomic E-state index is 5.74. The highest BCUT2D eigenvalue weighted by Crippen LogP contribution is 2.22. The van der Waals surface area contributed by atoms with E-state index in [0.717, 1.165) is 31.4 Å². The van der Waals surface area contributed by atoms with E-state index in [1.807, 2.05) is 6.26 Å². The Hall–Kier alpha value is -0.840. The Morgan fingerprint density at radius 1 is 1.35 bits per heavy atom. The second-order valence-corrected chi connectivity index (χ2v) is 6.61. The van der Waals surface area contributed by atoms with Crippen LogP contribution < -0.4 is 5.32 Å². The first-order chi connectivity index (χ1) is 9.70. The van der Waals surface area contributed by atoms with Crippen LogP contribution in [-0.2, 0) is 13.1 Å². The van der Waals surface area contributed by atoms with Crippen LogP contribution >= 0.6 is 0 Å². The molecule has 2 aliphatic rings. The van der Waals surface area contributed by atoms with Crippen LogP contribution in [0.15, 0.2) is 16.7 Å². The predicted octanol–water partition coefficient (Wildman–Crippen LogP) is 2.06. The molecule has 4 heteroatoms. The summed E-state index contributed by atoms with van der Waals surface area (Å²) in [6.45, 7) is 4.27. The molecule has 2 fully saturated rings. The van der Waals surface area contributed by atoms with Crippen LogP contribution in [0, 0.1) is 0 Å². The normalized spacial score (nSPS) is 23.9. The molecule has 0 aromatic carbocycles. The summed E-state index contributed by atoms with van der Waals surface area (Å²) >= 11 is 0. The van der Waals surface area contributed by atoms with E-state index in [1.165, 1.54) is 37.8 Å². The van der Waals surface area contributed by atoms with Gasteiger partial charge >= 0.3 is 0 Å². The van der Waals surface area contributed by atoms with Crippen molar-refractivity contribution in [1.29, 1.82) is 0 Å². The van der Waals surface area contributed by atoms with Crippen LogP contribution in [0.3, 0.4) is 0 Å². The summed E-state index contributed by atoms with van der Waals surface area (Å²) in [5.41, 5.74) is 1.29. The van der Waals surface area contributed by atoms with Gasteiger partial charge in [0.15, 0.2) is 0 Å². The van der Waals surface area contributed by atoms with Gasteiger partial charge in [0.25, 0.3) is 0 Å². The third-order valence-corrected chi connectivity index (χ3v) is 4.31. The fraction of sp³-hybridized carbons (Fsp3) is 0.750. The first-order valence-electron chi connectivity index (χ1n) is 7.89. The van der Waals surface area contributed by atoms with Gasteiger partial charge in [-0.15, -0.1) is 0 Å². The molecule has 1 aromatic rings. The molecule has 1 unspecified atom stereocenters. The highest BCUT2D eigenvalue weighted by Gasteiger charge is 2.26. The zero-order chi connectivity index (χ0) is 13.9. The quantitative estimate of drug-likeness (QED) is 0.827.